The minimum Gasteiger partial charge on any atom is -0.347 e. The highest BCUT2D eigenvalue weighted by Gasteiger charge is 2.53. The van der Waals surface area contributed by atoms with Crippen LogP contribution in [0.1, 0.15) is 59.0 Å². The highest BCUT2D eigenvalue weighted by molar-refractivity contribution is 7.17. The van der Waals surface area contributed by atoms with Crippen molar-refractivity contribution in [2.45, 2.75) is 61.7 Å². The van der Waals surface area contributed by atoms with Gasteiger partial charge in [0.1, 0.15) is 10.8 Å². The van der Waals surface area contributed by atoms with Crippen LogP contribution in [0.15, 0.2) is 23.7 Å². The SMILES string of the molecule is CC(Cl)c1nc(CCl)c(-c2csc(Nc3ccc(C(=O)N4[C@@H]5CC[C@H]4CC4(C5)OCCO4)cn3)n2)s1. The predicted octanol–water partition coefficient (Wildman–Crippen LogP) is 5.95. The van der Waals surface area contributed by atoms with Crippen molar-refractivity contribution in [3.8, 4) is 10.6 Å². The number of hydrogen-bond donors (Lipinski definition) is 1. The van der Waals surface area contributed by atoms with Crippen LogP contribution < -0.4 is 5.32 Å². The number of pyridine rings is 1. The lowest BCUT2D eigenvalue weighted by Crippen LogP contribution is -2.53. The van der Waals surface area contributed by atoms with Crippen molar-refractivity contribution in [2.75, 3.05) is 18.5 Å². The quantitative estimate of drug-likeness (QED) is 0.369. The number of carbonyl (C=O) groups is 1. The Bertz CT molecular complexity index is 1240. The van der Waals surface area contributed by atoms with E-state index in [4.69, 9.17) is 32.7 Å². The molecule has 6 heterocycles. The van der Waals surface area contributed by atoms with E-state index in [0.717, 1.165) is 47.0 Å². The monoisotopic (exact) mass is 565 g/mol. The molecule has 2 bridgehead atoms. The topological polar surface area (TPSA) is 89.5 Å². The summed E-state index contributed by atoms with van der Waals surface area (Å²) in [7, 11) is 0. The van der Waals surface area contributed by atoms with Gasteiger partial charge in [0.15, 0.2) is 10.9 Å². The minimum atomic E-state index is -0.491. The van der Waals surface area contributed by atoms with E-state index in [2.05, 4.69) is 20.3 Å². The first-order chi connectivity index (χ1) is 17.4. The molecule has 12 heteroatoms. The fourth-order valence-corrected chi connectivity index (χ4v) is 7.56. The molecule has 0 aliphatic carbocycles. The molecule has 0 aromatic carbocycles. The van der Waals surface area contributed by atoms with Crippen LogP contribution in [-0.4, -0.2) is 56.8 Å². The maximum absolute atomic E-state index is 13.4. The molecule has 0 radical (unpaired) electrons. The van der Waals surface area contributed by atoms with Crippen LogP contribution in [0, 0.1) is 0 Å². The average molecular weight is 567 g/mol. The maximum atomic E-state index is 13.4. The van der Waals surface area contributed by atoms with Crippen LogP contribution in [-0.2, 0) is 15.4 Å². The molecule has 3 fully saturated rings. The smallest absolute Gasteiger partial charge is 0.255 e. The molecule has 3 saturated heterocycles. The van der Waals surface area contributed by atoms with Crippen LogP contribution in [0.25, 0.3) is 10.6 Å². The second-order valence-corrected chi connectivity index (χ2v) is 12.1. The van der Waals surface area contributed by atoms with E-state index < -0.39 is 5.79 Å². The van der Waals surface area contributed by atoms with E-state index >= 15 is 0 Å². The van der Waals surface area contributed by atoms with Gasteiger partial charge in [0.2, 0.25) is 0 Å². The van der Waals surface area contributed by atoms with Crippen molar-refractivity contribution in [3.05, 3.63) is 40.0 Å². The predicted molar refractivity (Wildman–Crippen MR) is 141 cm³/mol. The number of nitrogens with zero attached hydrogens (tertiary/aromatic N) is 4. The normalized spacial score (nSPS) is 23.4. The molecular weight excluding hydrogens is 541 g/mol. The number of amides is 1. The number of ether oxygens (including phenoxy) is 2. The number of fused-ring (bicyclic) bond motifs is 2. The Balaban J connectivity index is 1.13. The molecule has 36 heavy (non-hydrogen) atoms. The van der Waals surface area contributed by atoms with Gasteiger partial charge in [-0.3, -0.25) is 4.79 Å². The zero-order chi connectivity index (χ0) is 24.9. The molecule has 8 nitrogen and oxygen atoms in total. The highest BCUT2D eigenvalue weighted by Crippen LogP contribution is 2.45. The first-order valence-electron chi connectivity index (χ1n) is 11.9. The molecule has 3 aliphatic heterocycles. The summed E-state index contributed by atoms with van der Waals surface area (Å²) < 4.78 is 11.8. The highest BCUT2D eigenvalue weighted by atomic mass is 35.5. The first-order valence-corrected chi connectivity index (χ1v) is 14.6. The molecule has 1 N–H and O–H groups in total. The van der Waals surface area contributed by atoms with Gasteiger partial charge in [-0.2, -0.15) is 0 Å². The molecule has 3 atom stereocenters. The van der Waals surface area contributed by atoms with Gasteiger partial charge in [-0.05, 0) is 31.9 Å². The van der Waals surface area contributed by atoms with Gasteiger partial charge in [-0.1, -0.05) is 0 Å². The lowest BCUT2D eigenvalue weighted by Gasteiger charge is -2.43. The van der Waals surface area contributed by atoms with Crippen molar-refractivity contribution in [1.82, 2.24) is 19.9 Å². The number of nitrogens with one attached hydrogen (secondary N) is 1. The molecule has 1 unspecified atom stereocenters. The van der Waals surface area contributed by atoms with Crippen molar-refractivity contribution < 1.29 is 14.3 Å². The average Bonchev–Trinajstić information content (AvgIpc) is 3.65. The largest absolute Gasteiger partial charge is 0.347 e. The number of rotatable bonds is 6. The summed E-state index contributed by atoms with van der Waals surface area (Å²) >= 11 is 15.3. The van der Waals surface area contributed by atoms with E-state index in [1.165, 1.54) is 22.7 Å². The number of aromatic nitrogens is 3. The summed E-state index contributed by atoms with van der Waals surface area (Å²) in [5, 5.41) is 6.53. The van der Waals surface area contributed by atoms with Gasteiger partial charge in [0.05, 0.1) is 46.3 Å². The van der Waals surface area contributed by atoms with Gasteiger partial charge in [-0.25, -0.2) is 15.0 Å². The van der Waals surface area contributed by atoms with Gasteiger partial charge >= 0.3 is 0 Å². The van der Waals surface area contributed by atoms with E-state index in [1.54, 1.807) is 6.20 Å². The lowest BCUT2D eigenvalue weighted by atomic mass is 9.95. The van der Waals surface area contributed by atoms with Gasteiger partial charge in [0, 0.05) is 36.5 Å². The van der Waals surface area contributed by atoms with Crippen LogP contribution in [0.2, 0.25) is 0 Å². The third-order valence-corrected chi connectivity index (χ3v) is 9.57. The molecule has 1 amide bonds. The Morgan fingerprint density at radius 1 is 1.25 bits per heavy atom. The number of carbonyl (C=O) groups excluding carboxylic acids is 1. The number of halogens is 2. The van der Waals surface area contributed by atoms with Crippen molar-refractivity contribution >= 4 is 62.7 Å². The summed E-state index contributed by atoms with van der Waals surface area (Å²) in [5.74, 6) is 0.452. The first kappa shape index (κ1) is 24.5. The number of hydrogen-bond acceptors (Lipinski definition) is 9. The second kappa shape index (κ2) is 9.81. The van der Waals surface area contributed by atoms with E-state index in [9.17, 15) is 4.79 Å². The Morgan fingerprint density at radius 2 is 2.00 bits per heavy atom. The van der Waals surface area contributed by atoms with Gasteiger partial charge in [-0.15, -0.1) is 45.9 Å². The minimum absolute atomic E-state index is 0.0223. The maximum Gasteiger partial charge on any atom is 0.255 e. The summed E-state index contributed by atoms with van der Waals surface area (Å²) in [6.07, 6.45) is 5.09. The van der Waals surface area contributed by atoms with Crippen LogP contribution >= 0.6 is 45.9 Å². The standard InChI is InChI=1S/C24H25Cl2N5O3S2/c1-13(26)21-28-17(10-25)20(36-21)18-12-35-23(29-18)30-19-5-2-14(11-27-19)22(32)31-15-3-4-16(31)9-24(8-15)33-6-7-34-24/h2,5,11-13,15-16H,3-4,6-10H2,1H3,(H,27,29,30)/t13?,15-,16+. The van der Waals surface area contributed by atoms with Crippen LogP contribution in [0.3, 0.4) is 0 Å². The van der Waals surface area contributed by atoms with Gasteiger partial charge in [0.25, 0.3) is 5.91 Å². The number of thiazole rings is 2. The second-order valence-electron chi connectivity index (χ2n) is 9.29. The molecule has 1 spiro atoms. The van der Waals surface area contributed by atoms with Crippen LogP contribution in [0.5, 0.6) is 0 Å². The fourth-order valence-electron chi connectivity index (χ4n) is 5.35. The Labute approximate surface area is 227 Å². The Morgan fingerprint density at radius 3 is 2.64 bits per heavy atom. The summed E-state index contributed by atoms with van der Waals surface area (Å²) in [5.41, 5.74) is 2.17. The van der Waals surface area contributed by atoms with Crippen LogP contribution in [0.4, 0.5) is 10.9 Å². The van der Waals surface area contributed by atoms with Gasteiger partial charge < -0.3 is 19.7 Å². The molecule has 190 valence electrons. The zero-order valence-electron chi connectivity index (χ0n) is 19.6. The molecule has 6 rings (SSSR count). The number of piperidine rings is 1. The summed E-state index contributed by atoms with van der Waals surface area (Å²) in [6.45, 7) is 3.16. The third kappa shape index (κ3) is 4.52. The Hall–Kier alpha value is -1.82. The number of anilines is 2. The molecule has 0 saturated carbocycles. The summed E-state index contributed by atoms with van der Waals surface area (Å²) in [4.78, 5) is 30.0. The molecular formula is C24H25Cl2N5O3S2. The summed E-state index contributed by atoms with van der Waals surface area (Å²) in [6, 6.07) is 3.93. The van der Waals surface area contributed by atoms with E-state index in [-0.39, 0.29) is 23.4 Å². The van der Waals surface area contributed by atoms with Crippen molar-refractivity contribution in [1.29, 1.82) is 0 Å². The van der Waals surface area contributed by atoms with E-state index in [0.29, 0.717) is 35.6 Å². The fraction of sp³-hybridized carbons (Fsp3) is 0.500. The zero-order valence-corrected chi connectivity index (χ0v) is 22.7. The molecule has 3 aromatic heterocycles. The van der Waals surface area contributed by atoms with E-state index in [1.807, 2.05) is 29.3 Å². The molecule has 3 aromatic rings. The van der Waals surface area contributed by atoms with Crippen molar-refractivity contribution in [3.63, 3.8) is 0 Å². The number of alkyl halides is 2. The van der Waals surface area contributed by atoms with Crippen molar-refractivity contribution in [2.24, 2.45) is 0 Å². The molecule has 3 aliphatic rings. The lowest BCUT2D eigenvalue weighted by molar-refractivity contribution is -0.194. The Kier molecular flexibility index (Phi) is 6.68. The third-order valence-electron chi connectivity index (χ3n) is 6.92.